The van der Waals surface area contributed by atoms with Crippen LogP contribution in [0.3, 0.4) is 0 Å². The van der Waals surface area contributed by atoms with Gasteiger partial charge >= 0.3 is 0 Å². The lowest BCUT2D eigenvalue weighted by atomic mass is 10.0. The van der Waals surface area contributed by atoms with Gasteiger partial charge in [0.1, 0.15) is 5.58 Å². The third kappa shape index (κ3) is 4.69. The standard InChI is InChI=1S/C24H24N4O3S2/c1-27-14-16(13-25-27)23(29)26-17-8-10-28(11-9-17)24(30)22-19(15-33-21-7-4-12-32-21)18-5-2-3-6-20(18)31-22/h2-7,12-14,17H,8-11,15H2,1H3,(H,26,29). The van der Waals surface area contributed by atoms with Crippen LogP contribution >= 0.6 is 23.1 Å². The molecule has 4 aromatic rings. The van der Waals surface area contributed by atoms with E-state index in [1.165, 1.54) is 4.21 Å². The summed E-state index contributed by atoms with van der Waals surface area (Å²) in [6, 6.07) is 12.0. The largest absolute Gasteiger partial charge is 0.451 e. The van der Waals surface area contributed by atoms with E-state index in [1.54, 1.807) is 47.2 Å². The Hall–Kier alpha value is -3.04. The molecule has 1 saturated heterocycles. The molecule has 2 amide bonds. The number of aryl methyl sites for hydroxylation is 1. The maximum atomic E-state index is 13.4. The minimum atomic E-state index is -0.127. The number of likely N-dealkylation sites (tertiary alicyclic amines) is 1. The fourth-order valence-corrected chi connectivity index (χ4v) is 5.89. The van der Waals surface area contributed by atoms with Crippen LogP contribution in [0.1, 0.15) is 39.3 Å². The minimum Gasteiger partial charge on any atom is -0.451 e. The highest BCUT2D eigenvalue weighted by Gasteiger charge is 2.29. The number of thioether (sulfide) groups is 1. The van der Waals surface area contributed by atoms with Crippen LogP contribution < -0.4 is 5.32 Å². The molecule has 7 nitrogen and oxygen atoms in total. The number of hydrogen-bond donors (Lipinski definition) is 1. The Balaban J connectivity index is 1.27. The molecular weight excluding hydrogens is 456 g/mol. The van der Waals surface area contributed by atoms with Crippen molar-refractivity contribution in [2.24, 2.45) is 7.05 Å². The van der Waals surface area contributed by atoms with Crippen molar-refractivity contribution in [1.29, 1.82) is 0 Å². The van der Waals surface area contributed by atoms with Crippen molar-refractivity contribution in [3.8, 4) is 0 Å². The van der Waals surface area contributed by atoms with Crippen LogP contribution in [0.5, 0.6) is 0 Å². The Kier molecular flexibility index (Phi) is 6.24. The highest BCUT2D eigenvalue weighted by molar-refractivity contribution is 8.00. The van der Waals surface area contributed by atoms with Crippen molar-refractivity contribution in [3.05, 3.63) is 71.1 Å². The lowest BCUT2D eigenvalue weighted by molar-refractivity contribution is 0.0668. The maximum Gasteiger partial charge on any atom is 0.289 e. The number of thiophene rings is 1. The molecule has 33 heavy (non-hydrogen) atoms. The van der Waals surface area contributed by atoms with Gasteiger partial charge in [-0.1, -0.05) is 24.3 Å². The van der Waals surface area contributed by atoms with Gasteiger partial charge in [-0.15, -0.1) is 23.1 Å². The van der Waals surface area contributed by atoms with Gasteiger partial charge in [0.05, 0.1) is 16.0 Å². The number of piperidine rings is 1. The lowest BCUT2D eigenvalue weighted by Gasteiger charge is -2.32. The first-order valence-electron chi connectivity index (χ1n) is 10.8. The molecule has 5 rings (SSSR count). The number of carbonyl (C=O) groups excluding carboxylic acids is 2. The molecule has 1 fully saturated rings. The van der Waals surface area contributed by atoms with Gasteiger partial charge in [0, 0.05) is 49.1 Å². The molecule has 3 aromatic heterocycles. The normalized spacial score (nSPS) is 14.6. The molecule has 0 spiro atoms. The quantitative estimate of drug-likeness (QED) is 0.410. The Morgan fingerprint density at radius 1 is 1.21 bits per heavy atom. The van der Waals surface area contributed by atoms with E-state index in [2.05, 4.69) is 21.9 Å². The molecule has 0 atom stereocenters. The number of furan rings is 1. The van der Waals surface area contributed by atoms with E-state index in [1.807, 2.05) is 35.2 Å². The summed E-state index contributed by atoms with van der Waals surface area (Å²) in [5.41, 5.74) is 2.23. The van der Waals surface area contributed by atoms with Crippen molar-refractivity contribution >= 4 is 45.9 Å². The zero-order valence-corrected chi connectivity index (χ0v) is 19.8. The first-order chi connectivity index (χ1) is 16.1. The van der Waals surface area contributed by atoms with E-state index in [0.717, 1.165) is 16.5 Å². The zero-order chi connectivity index (χ0) is 22.8. The van der Waals surface area contributed by atoms with Gasteiger partial charge in [-0.25, -0.2) is 0 Å². The number of aromatic nitrogens is 2. The van der Waals surface area contributed by atoms with Gasteiger partial charge < -0.3 is 14.6 Å². The van der Waals surface area contributed by atoms with Crippen LogP contribution in [0.15, 0.2) is 62.8 Å². The molecule has 1 aliphatic rings. The Morgan fingerprint density at radius 3 is 2.76 bits per heavy atom. The summed E-state index contributed by atoms with van der Waals surface area (Å²) < 4.78 is 8.88. The van der Waals surface area contributed by atoms with Crippen molar-refractivity contribution in [3.63, 3.8) is 0 Å². The van der Waals surface area contributed by atoms with Crippen molar-refractivity contribution < 1.29 is 14.0 Å². The molecule has 1 aliphatic heterocycles. The summed E-state index contributed by atoms with van der Waals surface area (Å²) in [7, 11) is 1.78. The average Bonchev–Trinajstić information content (AvgIpc) is 3.57. The average molecular weight is 481 g/mol. The number of hydrogen-bond acceptors (Lipinski definition) is 6. The summed E-state index contributed by atoms with van der Waals surface area (Å²) in [5.74, 6) is 0.900. The highest BCUT2D eigenvalue weighted by Crippen LogP contribution is 2.34. The third-order valence-electron chi connectivity index (χ3n) is 5.83. The van der Waals surface area contributed by atoms with Crippen LogP contribution in [0.4, 0.5) is 0 Å². The molecule has 0 bridgehead atoms. The number of benzene rings is 1. The summed E-state index contributed by atoms with van der Waals surface area (Å²) in [6.45, 7) is 1.15. The van der Waals surface area contributed by atoms with E-state index >= 15 is 0 Å². The van der Waals surface area contributed by atoms with Crippen molar-refractivity contribution in [2.75, 3.05) is 13.1 Å². The predicted molar refractivity (Wildman–Crippen MR) is 130 cm³/mol. The SMILES string of the molecule is Cn1cc(C(=O)NC2CCN(C(=O)c3oc4ccccc4c3CSc3cccs3)CC2)cn1. The molecule has 0 aliphatic carbocycles. The third-order valence-corrected chi connectivity index (χ3v) is 7.99. The number of nitrogens with one attached hydrogen (secondary N) is 1. The first-order valence-corrected chi connectivity index (χ1v) is 12.7. The Labute approximate surface area is 199 Å². The molecular formula is C24H24N4O3S2. The van der Waals surface area contributed by atoms with Gasteiger partial charge in [0.25, 0.3) is 11.8 Å². The molecule has 0 saturated carbocycles. The monoisotopic (exact) mass is 480 g/mol. The van der Waals surface area contributed by atoms with Crippen LogP contribution in [-0.4, -0.2) is 45.6 Å². The summed E-state index contributed by atoms with van der Waals surface area (Å²) >= 11 is 3.41. The van der Waals surface area contributed by atoms with Crippen LogP contribution in [0.25, 0.3) is 11.0 Å². The summed E-state index contributed by atoms with van der Waals surface area (Å²) in [5, 5.41) is 10.2. The predicted octanol–water partition coefficient (Wildman–Crippen LogP) is 4.55. The van der Waals surface area contributed by atoms with E-state index in [0.29, 0.717) is 43.0 Å². The smallest absolute Gasteiger partial charge is 0.289 e. The number of nitrogens with zero attached hydrogens (tertiary/aromatic N) is 3. The second-order valence-corrected chi connectivity index (χ2v) is 10.3. The van der Waals surface area contributed by atoms with Gasteiger partial charge in [-0.2, -0.15) is 5.10 Å². The van der Waals surface area contributed by atoms with Crippen LogP contribution in [0.2, 0.25) is 0 Å². The molecule has 0 unspecified atom stereocenters. The molecule has 170 valence electrons. The van der Waals surface area contributed by atoms with E-state index in [-0.39, 0.29) is 17.9 Å². The van der Waals surface area contributed by atoms with Crippen molar-refractivity contribution in [2.45, 2.75) is 28.8 Å². The topological polar surface area (TPSA) is 80.4 Å². The number of rotatable bonds is 6. The molecule has 9 heteroatoms. The number of carbonyl (C=O) groups is 2. The zero-order valence-electron chi connectivity index (χ0n) is 18.2. The highest BCUT2D eigenvalue weighted by atomic mass is 32.2. The Bertz CT molecular complexity index is 1270. The number of fused-ring (bicyclic) bond motifs is 1. The molecule has 4 heterocycles. The minimum absolute atomic E-state index is 0.0336. The van der Waals surface area contributed by atoms with E-state index in [9.17, 15) is 9.59 Å². The van der Waals surface area contributed by atoms with E-state index < -0.39 is 0 Å². The second-order valence-electron chi connectivity index (χ2n) is 8.07. The van der Waals surface area contributed by atoms with Crippen LogP contribution in [0, 0.1) is 0 Å². The second kappa shape index (κ2) is 9.44. The van der Waals surface area contributed by atoms with Gasteiger partial charge in [0.2, 0.25) is 0 Å². The number of para-hydroxylation sites is 1. The maximum absolute atomic E-state index is 13.4. The summed E-state index contributed by atoms with van der Waals surface area (Å²) in [4.78, 5) is 27.7. The first kappa shape index (κ1) is 21.8. The lowest BCUT2D eigenvalue weighted by Crippen LogP contribution is -2.46. The molecule has 0 radical (unpaired) electrons. The fraction of sp³-hybridized carbons (Fsp3) is 0.292. The van der Waals surface area contributed by atoms with Crippen LogP contribution in [-0.2, 0) is 12.8 Å². The summed E-state index contributed by atoms with van der Waals surface area (Å²) in [6.07, 6.45) is 4.67. The van der Waals surface area contributed by atoms with Gasteiger partial charge in [-0.05, 0) is 30.4 Å². The molecule has 1 N–H and O–H groups in total. The van der Waals surface area contributed by atoms with E-state index in [4.69, 9.17) is 4.42 Å². The fourth-order valence-electron chi connectivity index (χ4n) is 4.08. The van der Waals surface area contributed by atoms with Crippen molar-refractivity contribution in [1.82, 2.24) is 20.0 Å². The van der Waals surface area contributed by atoms with Gasteiger partial charge in [0.15, 0.2) is 5.76 Å². The molecule has 1 aromatic carbocycles. The number of amides is 2. The Morgan fingerprint density at radius 2 is 2.03 bits per heavy atom. The van der Waals surface area contributed by atoms with Gasteiger partial charge in [-0.3, -0.25) is 14.3 Å².